The van der Waals surface area contributed by atoms with Gasteiger partial charge in [-0.25, -0.2) is 9.18 Å². The lowest BCUT2D eigenvalue weighted by Crippen LogP contribution is -2.09. The van der Waals surface area contributed by atoms with E-state index in [1.165, 1.54) is 6.07 Å². The van der Waals surface area contributed by atoms with Crippen molar-refractivity contribution >= 4 is 43.6 Å². The minimum absolute atomic E-state index is 0.271. The third-order valence-corrected chi connectivity index (χ3v) is 5.80. The summed E-state index contributed by atoms with van der Waals surface area (Å²) in [6, 6.07) is 17.1. The highest BCUT2D eigenvalue weighted by Crippen LogP contribution is 2.32. The first kappa shape index (κ1) is 20.4. The number of aromatic nitrogens is 1. The number of carbonyl (C=O) groups excluding carboxylic acids is 1. The second-order valence-electron chi connectivity index (χ2n) is 6.91. The maximum Gasteiger partial charge on any atom is 0.355 e. The van der Waals surface area contributed by atoms with E-state index in [9.17, 15) is 9.18 Å². The Kier molecular flexibility index (Phi) is 6.04. The Balaban J connectivity index is 1.55. The van der Waals surface area contributed by atoms with Crippen LogP contribution in [0.15, 0.2) is 59.1 Å². The molecule has 0 aliphatic carbocycles. The van der Waals surface area contributed by atoms with Gasteiger partial charge < -0.3 is 14.5 Å². The predicted octanol–water partition coefficient (Wildman–Crippen LogP) is 6.41. The number of benzene rings is 3. The van der Waals surface area contributed by atoms with Crippen LogP contribution in [0.3, 0.4) is 0 Å². The van der Waals surface area contributed by atoms with Gasteiger partial charge in [0.05, 0.1) is 23.2 Å². The summed E-state index contributed by atoms with van der Waals surface area (Å²) in [5, 5.41) is 3.00. The van der Waals surface area contributed by atoms with Crippen LogP contribution < -0.4 is 4.74 Å². The number of hydrogen-bond acceptors (Lipinski definition) is 3. The second kappa shape index (κ2) is 8.88. The fourth-order valence-electron chi connectivity index (χ4n) is 3.65. The van der Waals surface area contributed by atoms with Crippen LogP contribution >= 0.6 is 15.9 Å². The van der Waals surface area contributed by atoms with Crippen molar-refractivity contribution in [2.75, 3.05) is 13.2 Å². The Hall–Kier alpha value is -2.86. The molecule has 4 aromatic rings. The molecule has 6 heteroatoms. The van der Waals surface area contributed by atoms with Crippen molar-refractivity contribution in [2.24, 2.45) is 0 Å². The van der Waals surface area contributed by atoms with Crippen molar-refractivity contribution in [3.05, 3.63) is 76.1 Å². The maximum atomic E-state index is 14.0. The predicted molar refractivity (Wildman–Crippen MR) is 120 cm³/mol. The van der Waals surface area contributed by atoms with Gasteiger partial charge in [-0.05, 0) is 64.8 Å². The van der Waals surface area contributed by atoms with Crippen LogP contribution in [0.5, 0.6) is 5.75 Å². The van der Waals surface area contributed by atoms with Gasteiger partial charge in [-0.2, -0.15) is 0 Å². The van der Waals surface area contributed by atoms with E-state index >= 15 is 0 Å². The molecule has 0 saturated carbocycles. The SMILES string of the molecule is CCOC(=O)c1[nH]c2c(Br)c(F)ccc2c1CCCOc1cccc2ccccc12. The van der Waals surface area contributed by atoms with Gasteiger partial charge in [0.15, 0.2) is 0 Å². The highest BCUT2D eigenvalue weighted by molar-refractivity contribution is 9.10. The number of H-pyrrole nitrogens is 1. The fourth-order valence-corrected chi connectivity index (χ4v) is 4.09. The molecular weight excluding hydrogens is 449 g/mol. The van der Waals surface area contributed by atoms with Crippen molar-refractivity contribution in [1.82, 2.24) is 4.98 Å². The summed E-state index contributed by atoms with van der Waals surface area (Å²) in [6.07, 6.45) is 1.29. The van der Waals surface area contributed by atoms with Crippen molar-refractivity contribution in [1.29, 1.82) is 0 Å². The van der Waals surface area contributed by atoms with Gasteiger partial charge in [0, 0.05) is 10.8 Å². The van der Waals surface area contributed by atoms with E-state index in [0.29, 0.717) is 35.1 Å². The monoisotopic (exact) mass is 469 g/mol. The summed E-state index contributed by atoms with van der Waals surface area (Å²) in [4.78, 5) is 15.5. The van der Waals surface area contributed by atoms with Crippen LogP contribution in [0.1, 0.15) is 29.4 Å². The van der Waals surface area contributed by atoms with Crippen molar-refractivity contribution in [2.45, 2.75) is 19.8 Å². The second-order valence-corrected chi connectivity index (χ2v) is 7.71. The Morgan fingerprint density at radius 2 is 1.87 bits per heavy atom. The number of aryl methyl sites for hydroxylation is 1. The van der Waals surface area contributed by atoms with Crippen molar-refractivity contribution in [3.63, 3.8) is 0 Å². The van der Waals surface area contributed by atoms with E-state index in [-0.39, 0.29) is 12.4 Å². The summed E-state index contributed by atoms with van der Waals surface area (Å²) in [7, 11) is 0. The summed E-state index contributed by atoms with van der Waals surface area (Å²) >= 11 is 3.27. The third-order valence-electron chi connectivity index (χ3n) is 5.03. The smallest absolute Gasteiger partial charge is 0.355 e. The Morgan fingerprint density at radius 3 is 2.70 bits per heavy atom. The third kappa shape index (κ3) is 3.92. The molecule has 0 atom stereocenters. The quantitative estimate of drug-likeness (QED) is 0.251. The standard InChI is InChI=1S/C24H21BrFNO3/c1-2-29-24(28)23-17(18-12-13-19(26)21(25)22(18)27-23)10-6-14-30-20-11-5-8-15-7-3-4-9-16(15)20/h3-5,7-9,11-13,27H,2,6,10,14H2,1H3. The van der Waals surface area contributed by atoms with Crippen LogP contribution in [0, 0.1) is 5.82 Å². The lowest BCUT2D eigenvalue weighted by molar-refractivity contribution is 0.0519. The minimum atomic E-state index is -0.439. The summed E-state index contributed by atoms with van der Waals surface area (Å²) in [6.45, 7) is 2.52. The molecule has 154 valence electrons. The molecule has 1 aromatic heterocycles. The molecule has 0 fully saturated rings. The zero-order valence-corrected chi connectivity index (χ0v) is 18.1. The molecular formula is C24H21BrFNO3. The number of aromatic amines is 1. The van der Waals surface area contributed by atoms with Crippen LogP contribution in [0.4, 0.5) is 4.39 Å². The maximum absolute atomic E-state index is 14.0. The molecule has 4 rings (SSSR count). The molecule has 0 aliphatic rings. The van der Waals surface area contributed by atoms with E-state index in [2.05, 4.69) is 33.0 Å². The molecule has 1 heterocycles. The van der Waals surface area contributed by atoms with E-state index in [4.69, 9.17) is 9.47 Å². The Morgan fingerprint density at radius 1 is 1.07 bits per heavy atom. The lowest BCUT2D eigenvalue weighted by atomic mass is 10.1. The minimum Gasteiger partial charge on any atom is -0.493 e. The van der Waals surface area contributed by atoms with Gasteiger partial charge in [-0.15, -0.1) is 0 Å². The topological polar surface area (TPSA) is 51.3 Å². The van der Waals surface area contributed by atoms with Crippen LogP contribution in [0.25, 0.3) is 21.7 Å². The highest BCUT2D eigenvalue weighted by atomic mass is 79.9. The number of hydrogen-bond donors (Lipinski definition) is 1. The fraction of sp³-hybridized carbons (Fsp3) is 0.208. The van der Waals surface area contributed by atoms with Crippen LogP contribution in [-0.4, -0.2) is 24.2 Å². The van der Waals surface area contributed by atoms with Crippen molar-refractivity contribution in [3.8, 4) is 5.75 Å². The van der Waals surface area contributed by atoms with Crippen LogP contribution in [0.2, 0.25) is 0 Å². The van der Waals surface area contributed by atoms with Gasteiger partial charge in [-0.3, -0.25) is 0 Å². The zero-order valence-electron chi connectivity index (χ0n) is 16.5. The van der Waals surface area contributed by atoms with E-state index in [1.807, 2.05) is 30.3 Å². The molecule has 0 radical (unpaired) electrons. The lowest BCUT2D eigenvalue weighted by Gasteiger charge is -2.10. The van der Waals surface area contributed by atoms with E-state index < -0.39 is 5.97 Å². The van der Waals surface area contributed by atoms with Gasteiger partial charge in [0.1, 0.15) is 17.3 Å². The first-order valence-electron chi connectivity index (χ1n) is 9.86. The normalized spacial score (nSPS) is 11.2. The Labute approximate surface area is 182 Å². The average molecular weight is 470 g/mol. The molecule has 0 spiro atoms. The molecule has 0 saturated heterocycles. The van der Waals surface area contributed by atoms with Gasteiger partial charge in [-0.1, -0.05) is 36.4 Å². The number of rotatable bonds is 7. The van der Waals surface area contributed by atoms with Crippen LogP contribution in [-0.2, 0) is 11.2 Å². The zero-order chi connectivity index (χ0) is 21.1. The number of esters is 1. The molecule has 1 N–H and O–H groups in total. The number of halogens is 2. The molecule has 30 heavy (non-hydrogen) atoms. The molecule has 3 aromatic carbocycles. The largest absolute Gasteiger partial charge is 0.493 e. The first-order valence-corrected chi connectivity index (χ1v) is 10.7. The summed E-state index contributed by atoms with van der Waals surface area (Å²) in [5.41, 5.74) is 1.73. The van der Waals surface area contributed by atoms with Gasteiger partial charge in [0.25, 0.3) is 0 Å². The molecule has 0 aliphatic heterocycles. The Bertz CT molecular complexity index is 1210. The van der Waals surface area contributed by atoms with E-state index in [0.717, 1.165) is 27.5 Å². The van der Waals surface area contributed by atoms with Gasteiger partial charge >= 0.3 is 5.97 Å². The van der Waals surface area contributed by atoms with Gasteiger partial charge in [0.2, 0.25) is 0 Å². The highest BCUT2D eigenvalue weighted by Gasteiger charge is 2.21. The van der Waals surface area contributed by atoms with Crippen molar-refractivity contribution < 1.29 is 18.7 Å². The number of fused-ring (bicyclic) bond motifs is 2. The average Bonchev–Trinajstić information content (AvgIpc) is 3.13. The number of nitrogens with one attached hydrogen (secondary N) is 1. The molecule has 0 bridgehead atoms. The first-order chi connectivity index (χ1) is 14.6. The molecule has 4 nitrogen and oxygen atoms in total. The molecule has 0 unspecified atom stereocenters. The number of carbonyl (C=O) groups is 1. The van der Waals surface area contributed by atoms with E-state index in [1.54, 1.807) is 13.0 Å². The summed E-state index contributed by atoms with van der Waals surface area (Å²) in [5.74, 6) is 0.0124. The summed E-state index contributed by atoms with van der Waals surface area (Å²) < 4.78 is 25.5. The molecule has 0 amide bonds. The number of ether oxygens (including phenoxy) is 2.